The fraction of sp³-hybridized carbons (Fsp3) is 0.500. The number of amides is 1. The number of benzene rings is 1. The van der Waals surface area contributed by atoms with Crippen molar-refractivity contribution in [1.29, 1.82) is 0 Å². The summed E-state index contributed by atoms with van der Waals surface area (Å²) < 4.78 is 2.10. The molecule has 31 heavy (non-hydrogen) atoms. The first kappa shape index (κ1) is 20.3. The number of aliphatic hydroxyl groups excluding tert-OH is 1. The van der Waals surface area contributed by atoms with Crippen molar-refractivity contribution in [3.8, 4) is 0 Å². The molecule has 7 nitrogen and oxygen atoms in total. The molecule has 7 heteroatoms. The standard InChI is InChI=1S/C24H31N5O2/c1-27-14-18(20-5-2-3-6-21(20)27)13-23(31)29-12-9-24(17-30)8-4-11-28(22(24)16-29)15-19-7-10-25-26-19/h2-3,5-7,10,14,22,30H,4,8-9,11-13,15-17H2,1H3,(H,25,26)/t22-,24-/m0/s1. The van der Waals surface area contributed by atoms with Gasteiger partial charge in [-0.3, -0.25) is 14.8 Å². The molecule has 0 bridgehead atoms. The summed E-state index contributed by atoms with van der Waals surface area (Å²) in [7, 11) is 2.03. The number of nitrogens with zero attached hydrogens (tertiary/aromatic N) is 4. The Labute approximate surface area is 182 Å². The van der Waals surface area contributed by atoms with Gasteiger partial charge in [-0.1, -0.05) is 18.2 Å². The van der Waals surface area contributed by atoms with E-state index in [1.807, 2.05) is 30.1 Å². The smallest absolute Gasteiger partial charge is 0.227 e. The lowest BCUT2D eigenvalue weighted by Crippen LogP contribution is -2.63. The predicted octanol–water partition coefficient (Wildman–Crippen LogP) is 2.32. The van der Waals surface area contributed by atoms with Crippen LogP contribution in [0.3, 0.4) is 0 Å². The van der Waals surface area contributed by atoms with Crippen LogP contribution in [0, 0.1) is 5.41 Å². The molecule has 4 heterocycles. The highest BCUT2D eigenvalue weighted by Crippen LogP contribution is 2.42. The van der Waals surface area contributed by atoms with Crippen LogP contribution >= 0.6 is 0 Å². The number of para-hydroxylation sites is 1. The highest BCUT2D eigenvalue weighted by atomic mass is 16.3. The van der Waals surface area contributed by atoms with Crippen molar-refractivity contribution >= 4 is 16.8 Å². The number of hydrogen-bond donors (Lipinski definition) is 2. The molecule has 1 aromatic carbocycles. The monoisotopic (exact) mass is 421 g/mol. The van der Waals surface area contributed by atoms with Crippen molar-refractivity contribution in [1.82, 2.24) is 24.6 Å². The zero-order chi connectivity index (χ0) is 21.4. The van der Waals surface area contributed by atoms with Gasteiger partial charge in [0.05, 0.1) is 13.0 Å². The van der Waals surface area contributed by atoms with Gasteiger partial charge >= 0.3 is 0 Å². The molecular weight excluding hydrogens is 390 g/mol. The lowest BCUT2D eigenvalue weighted by molar-refractivity contribution is -0.140. The molecule has 2 aliphatic heterocycles. The lowest BCUT2D eigenvalue weighted by atomic mass is 9.69. The average Bonchev–Trinajstić information content (AvgIpc) is 3.42. The van der Waals surface area contributed by atoms with Crippen molar-refractivity contribution in [2.75, 3.05) is 26.2 Å². The molecule has 2 N–H and O–H groups in total. The van der Waals surface area contributed by atoms with Gasteiger partial charge < -0.3 is 14.6 Å². The van der Waals surface area contributed by atoms with Gasteiger partial charge in [0.1, 0.15) is 0 Å². The zero-order valence-electron chi connectivity index (χ0n) is 18.1. The van der Waals surface area contributed by atoms with E-state index in [2.05, 4.69) is 38.0 Å². The van der Waals surface area contributed by atoms with Gasteiger partial charge in [-0.2, -0.15) is 5.10 Å². The largest absolute Gasteiger partial charge is 0.396 e. The van der Waals surface area contributed by atoms with Crippen LogP contribution in [-0.4, -0.2) is 67.9 Å². The minimum Gasteiger partial charge on any atom is -0.396 e. The number of aliphatic hydroxyl groups is 1. The summed E-state index contributed by atoms with van der Waals surface area (Å²) in [5.74, 6) is 0.176. The Morgan fingerprint density at radius 3 is 2.94 bits per heavy atom. The van der Waals surface area contributed by atoms with Crippen molar-refractivity contribution in [3.05, 3.63) is 54.0 Å². The van der Waals surface area contributed by atoms with Crippen molar-refractivity contribution in [2.45, 2.75) is 38.3 Å². The molecule has 0 saturated carbocycles. The molecule has 3 aromatic rings. The topological polar surface area (TPSA) is 77.4 Å². The van der Waals surface area contributed by atoms with Gasteiger partial charge in [-0.15, -0.1) is 0 Å². The van der Waals surface area contributed by atoms with Crippen LogP contribution in [0.25, 0.3) is 10.9 Å². The number of aromatic amines is 1. The minimum atomic E-state index is -0.117. The van der Waals surface area contributed by atoms with Gasteiger partial charge in [0.25, 0.3) is 0 Å². The number of aromatic nitrogens is 3. The maximum Gasteiger partial charge on any atom is 0.227 e. The fourth-order valence-electron chi connectivity index (χ4n) is 5.71. The van der Waals surface area contributed by atoms with Gasteiger partial charge in [0, 0.05) is 67.1 Å². The number of carbonyl (C=O) groups is 1. The quantitative estimate of drug-likeness (QED) is 0.663. The van der Waals surface area contributed by atoms with Crippen molar-refractivity contribution < 1.29 is 9.90 Å². The van der Waals surface area contributed by atoms with Crippen molar-refractivity contribution in [3.63, 3.8) is 0 Å². The molecule has 2 atom stereocenters. The Balaban J connectivity index is 1.35. The van der Waals surface area contributed by atoms with Crippen LogP contribution in [0.4, 0.5) is 0 Å². The highest BCUT2D eigenvalue weighted by Gasteiger charge is 2.48. The number of aryl methyl sites for hydroxylation is 1. The number of fused-ring (bicyclic) bond motifs is 2. The molecule has 0 unspecified atom stereocenters. The summed E-state index contributed by atoms with van der Waals surface area (Å²) in [4.78, 5) is 17.8. The molecule has 0 spiro atoms. The molecule has 2 fully saturated rings. The molecule has 0 radical (unpaired) electrons. The Morgan fingerprint density at radius 1 is 1.26 bits per heavy atom. The van der Waals surface area contributed by atoms with E-state index in [1.54, 1.807) is 6.20 Å². The summed E-state index contributed by atoms with van der Waals surface area (Å²) in [5, 5.41) is 18.6. The third kappa shape index (κ3) is 3.66. The van der Waals surface area contributed by atoms with Crippen LogP contribution in [0.15, 0.2) is 42.7 Å². The van der Waals surface area contributed by atoms with Gasteiger partial charge in [-0.25, -0.2) is 0 Å². The van der Waals surface area contributed by atoms with E-state index in [0.29, 0.717) is 13.0 Å². The predicted molar refractivity (Wildman–Crippen MR) is 119 cm³/mol. The summed E-state index contributed by atoms with van der Waals surface area (Å²) in [6, 6.07) is 10.4. The number of carbonyl (C=O) groups excluding carboxylic acids is 1. The van der Waals surface area contributed by atoms with Gasteiger partial charge in [0.15, 0.2) is 0 Å². The Morgan fingerprint density at radius 2 is 2.13 bits per heavy atom. The zero-order valence-corrected chi connectivity index (χ0v) is 18.1. The summed E-state index contributed by atoms with van der Waals surface area (Å²) >= 11 is 0. The molecular formula is C24H31N5O2. The summed E-state index contributed by atoms with van der Waals surface area (Å²) in [5.41, 5.74) is 3.20. The average molecular weight is 422 g/mol. The number of piperidine rings is 2. The normalized spacial score (nSPS) is 24.5. The van der Waals surface area contributed by atoms with Gasteiger partial charge in [-0.05, 0) is 43.5 Å². The molecule has 0 aliphatic carbocycles. The second-order valence-electron chi connectivity index (χ2n) is 9.24. The Hall–Kier alpha value is -2.64. The van der Waals surface area contributed by atoms with Crippen LogP contribution in [0.5, 0.6) is 0 Å². The van der Waals surface area contributed by atoms with Gasteiger partial charge in [0.2, 0.25) is 5.91 Å². The number of H-pyrrole nitrogens is 1. The first-order chi connectivity index (χ1) is 15.1. The third-order valence-corrected chi connectivity index (χ3v) is 7.46. The maximum atomic E-state index is 13.3. The number of rotatable bonds is 5. The molecule has 5 rings (SSSR count). The number of nitrogens with one attached hydrogen (secondary N) is 1. The Bertz CT molecular complexity index is 1060. The molecule has 2 aliphatic rings. The lowest BCUT2D eigenvalue weighted by Gasteiger charge is -2.54. The highest BCUT2D eigenvalue weighted by molar-refractivity contribution is 5.89. The van der Waals surface area contributed by atoms with Crippen LogP contribution in [0.1, 0.15) is 30.5 Å². The number of likely N-dealkylation sites (tertiary alicyclic amines) is 2. The van der Waals surface area contributed by atoms with Crippen LogP contribution in [-0.2, 0) is 24.8 Å². The minimum absolute atomic E-state index is 0.117. The summed E-state index contributed by atoms with van der Waals surface area (Å²) in [6.07, 6.45) is 7.24. The van der Waals surface area contributed by atoms with E-state index in [9.17, 15) is 9.90 Å². The summed E-state index contributed by atoms with van der Waals surface area (Å²) in [6.45, 7) is 3.34. The Kier molecular flexibility index (Phi) is 5.32. The first-order valence-corrected chi connectivity index (χ1v) is 11.2. The van der Waals surface area contributed by atoms with E-state index in [1.165, 1.54) is 0 Å². The SMILES string of the molecule is Cn1cc(CC(=O)N2CC[C@]3(CO)CCCN(Cc4ccn[nH]4)[C@H]3C2)c2ccccc21. The van der Waals surface area contributed by atoms with Crippen LogP contribution < -0.4 is 0 Å². The van der Waals surface area contributed by atoms with Crippen LogP contribution in [0.2, 0.25) is 0 Å². The molecule has 2 aromatic heterocycles. The molecule has 1 amide bonds. The molecule has 164 valence electrons. The van der Waals surface area contributed by atoms with E-state index in [-0.39, 0.29) is 24.0 Å². The van der Waals surface area contributed by atoms with E-state index < -0.39 is 0 Å². The second kappa shape index (κ2) is 8.13. The van der Waals surface area contributed by atoms with E-state index in [4.69, 9.17) is 0 Å². The first-order valence-electron chi connectivity index (χ1n) is 11.2. The third-order valence-electron chi connectivity index (χ3n) is 7.46. The second-order valence-corrected chi connectivity index (χ2v) is 9.24. The van der Waals surface area contributed by atoms with E-state index >= 15 is 0 Å². The van der Waals surface area contributed by atoms with Crippen molar-refractivity contribution in [2.24, 2.45) is 12.5 Å². The number of hydrogen-bond acceptors (Lipinski definition) is 4. The molecule has 2 saturated heterocycles. The fourth-order valence-corrected chi connectivity index (χ4v) is 5.71. The maximum absolute atomic E-state index is 13.3. The van der Waals surface area contributed by atoms with E-state index in [0.717, 1.165) is 61.1 Å².